The van der Waals surface area contributed by atoms with E-state index < -0.39 is 11.7 Å². The van der Waals surface area contributed by atoms with E-state index in [0.29, 0.717) is 25.2 Å². The van der Waals surface area contributed by atoms with Crippen molar-refractivity contribution >= 4 is 18.3 Å². The molecule has 1 saturated heterocycles. The molecule has 2 fully saturated rings. The third-order valence-corrected chi connectivity index (χ3v) is 4.41. The summed E-state index contributed by atoms with van der Waals surface area (Å²) >= 11 is 0. The summed E-state index contributed by atoms with van der Waals surface area (Å²) in [7, 11) is 0. The van der Waals surface area contributed by atoms with Gasteiger partial charge in [0.2, 0.25) is 5.91 Å². The summed E-state index contributed by atoms with van der Waals surface area (Å²) in [5, 5.41) is 5.91. The number of amides is 1. The highest BCUT2D eigenvalue weighted by Crippen LogP contribution is 2.48. The number of benzene rings is 1. The van der Waals surface area contributed by atoms with Crippen molar-refractivity contribution in [1.82, 2.24) is 10.6 Å². The maximum Gasteiger partial charge on any atom is 0.416 e. The molecule has 1 aliphatic carbocycles. The summed E-state index contributed by atoms with van der Waals surface area (Å²) in [5.41, 5.74) is -0.265. The van der Waals surface area contributed by atoms with Crippen LogP contribution in [0.5, 0.6) is 0 Å². The normalized spacial score (nSPS) is 19.8. The minimum Gasteiger partial charge on any atom is -0.355 e. The summed E-state index contributed by atoms with van der Waals surface area (Å²) in [6.45, 7) is 1.79. The minimum atomic E-state index is -4.33. The van der Waals surface area contributed by atoms with Gasteiger partial charge in [0.1, 0.15) is 0 Å². The van der Waals surface area contributed by atoms with Gasteiger partial charge in [-0.25, -0.2) is 0 Å². The van der Waals surface area contributed by atoms with Crippen molar-refractivity contribution in [2.24, 2.45) is 5.92 Å². The Kier molecular flexibility index (Phi) is 4.73. The van der Waals surface area contributed by atoms with Gasteiger partial charge in [-0.1, -0.05) is 18.2 Å². The smallest absolute Gasteiger partial charge is 0.355 e. The summed E-state index contributed by atoms with van der Waals surface area (Å²) in [4.78, 5) is 11.8. The Labute approximate surface area is 133 Å². The van der Waals surface area contributed by atoms with Gasteiger partial charge in [-0.3, -0.25) is 4.79 Å². The SMILES string of the molecule is Cl.O=C(NCC1(c2cccc(C(F)(F)F)c2)CC1)C1CNC1. The third kappa shape index (κ3) is 3.38. The lowest BCUT2D eigenvalue weighted by Crippen LogP contribution is -2.51. The molecule has 122 valence electrons. The maximum atomic E-state index is 12.8. The lowest BCUT2D eigenvalue weighted by Gasteiger charge is -2.27. The van der Waals surface area contributed by atoms with Crippen molar-refractivity contribution in [2.75, 3.05) is 19.6 Å². The molecule has 1 amide bonds. The Morgan fingerprint density at radius 3 is 2.50 bits per heavy atom. The van der Waals surface area contributed by atoms with Crippen LogP contribution in [0.3, 0.4) is 0 Å². The number of carbonyl (C=O) groups is 1. The van der Waals surface area contributed by atoms with Crippen molar-refractivity contribution < 1.29 is 18.0 Å². The molecule has 1 heterocycles. The topological polar surface area (TPSA) is 41.1 Å². The summed E-state index contributed by atoms with van der Waals surface area (Å²) < 4.78 is 38.3. The Morgan fingerprint density at radius 1 is 1.32 bits per heavy atom. The first-order valence-corrected chi connectivity index (χ1v) is 7.07. The van der Waals surface area contributed by atoms with Crippen LogP contribution in [0.15, 0.2) is 24.3 Å². The van der Waals surface area contributed by atoms with Gasteiger partial charge in [0.15, 0.2) is 0 Å². The van der Waals surface area contributed by atoms with Crippen molar-refractivity contribution in [3.63, 3.8) is 0 Å². The molecule has 0 radical (unpaired) electrons. The zero-order chi connectivity index (χ0) is 15.1. The summed E-state index contributed by atoms with van der Waals surface area (Å²) in [5.74, 6) is -0.00527. The van der Waals surface area contributed by atoms with Crippen LogP contribution in [-0.2, 0) is 16.4 Å². The van der Waals surface area contributed by atoms with E-state index in [0.717, 1.165) is 18.9 Å². The molecule has 2 N–H and O–H groups in total. The predicted molar refractivity (Wildman–Crippen MR) is 79.0 cm³/mol. The van der Waals surface area contributed by atoms with Gasteiger partial charge in [-0.15, -0.1) is 12.4 Å². The Balaban J connectivity index is 0.00000176. The fourth-order valence-corrected chi connectivity index (χ4v) is 2.62. The van der Waals surface area contributed by atoms with Crippen LogP contribution in [0.25, 0.3) is 0 Å². The lowest BCUT2D eigenvalue weighted by molar-refractivity contribution is -0.137. The Bertz CT molecular complexity index is 554. The van der Waals surface area contributed by atoms with E-state index in [4.69, 9.17) is 0 Å². The molecule has 1 aromatic rings. The van der Waals surface area contributed by atoms with Gasteiger partial charge in [0.25, 0.3) is 0 Å². The van der Waals surface area contributed by atoms with E-state index in [1.54, 1.807) is 6.07 Å². The number of hydrogen-bond acceptors (Lipinski definition) is 2. The van der Waals surface area contributed by atoms with Gasteiger partial charge >= 0.3 is 6.18 Å². The lowest BCUT2D eigenvalue weighted by atomic mass is 9.93. The third-order valence-electron chi connectivity index (χ3n) is 4.41. The van der Waals surface area contributed by atoms with Crippen molar-refractivity contribution in [3.8, 4) is 0 Å². The zero-order valence-corrected chi connectivity index (χ0v) is 12.7. The zero-order valence-electron chi connectivity index (χ0n) is 11.9. The molecule has 0 aromatic heterocycles. The van der Waals surface area contributed by atoms with E-state index in [1.165, 1.54) is 12.1 Å². The van der Waals surface area contributed by atoms with Gasteiger partial charge in [0.05, 0.1) is 11.5 Å². The second-order valence-corrected chi connectivity index (χ2v) is 5.93. The standard InChI is InChI=1S/C15H17F3N2O.ClH/c16-15(17,18)12-3-1-2-11(6-12)14(4-5-14)9-20-13(21)10-7-19-8-10;/h1-3,6,10,19H,4-5,7-9H2,(H,20,21);1H. The van der Waals surface area contributed by atoms with E-state index in [1.807, 2.05) is 0 Å². The van der Waals surface area contributed by atoms with Crippen LogP contribution in [0.4, 0.5) is 13.2 Å². The molecule has 1 saturated carbocycles. The highest BCUT2D eigenvalue weighted by molar-refractivity contribution is 5.85. The Morgan fingerprint density at radius 2 is 2.00 bits per heavy atom. The van der Waals surface area contributed by atoms with Gasteiger partial charge < -0.3 is 10.6 Å². The second kappa shape index (κ2) is 6.08. The van der Waals surface area contributed by atoms with Crippen LogP contribution < -0.4 is 10.6 Å². The van der Waals surface area contributed by atoms with E-state index in [-0.39, 0.29) is 29.6 Å². The van der Waals surface area contributed by atoms with Crippen molar-refractivity contribution in [3.05, 3.63) is 35.4 Å². The monoisotopic (exact) mass is 334 g/mol. The van der Waals surface area contributed by atoms with Crippen LogP contribution in [0.2, 0.25) is 0 Å². The number of carbonyl (C=O) groups excluding carboxylic acids is 1. The molecule has 22 heavy (non-hydrogen) atoms. The van der Waals surface area contributed by atoms with E-state index in [9.17, 15) is 18.0 Å². The maximum absolute atomic E-state index is 12.8. The molecule has 3 nitrogen and oxygen atoms in total. The van der Waals surface area contributed by atoms with Gasteiger partial charge in [0, 0.05) is 25.0 Å². The number of halogens is 4. The van der Waals surface area contributed by atoms with Crippen molar-refractivity contribution in [1.29, 1.82) is 0 Å². The molecular formula is C15H18ClF3N2O. The molecule has 1 aromatic carbocycles. The van der Waals surface area contributed by atoms with Crippen LogP contribution in [0.1, 0.15) is 24.0 Å². The fraction of sp³-hybridized carbons (Fsp3) is 0.533. The molecular weight excluding hydrogens is 317 g/mol. The molecule has 3 rings (SSSR count). The van der Waals surface area contributed by atoms with Gasteiger partial charge in [-0.2, -0.15) is 13.2 Å². The molecule has 7 heteroatoms. The first-order valence-electron chi connectivity index (χ1n) is 7.07. The Hall–Kier alpha value is -1.27. The van der Waals surface area contributed by atoms with Gasteiger partial charge in [-0.05, 0) is 24.5 Å². The number of hydrogen-bond donors (Lipinski definition) is 2. The highest BCUT2D eigenvalue weighted by Gasteiger charge is 2.45. The molecule has 1 aliphatic heterocycles. The molecule has 0 atom stereocenters. The molecule has 0 bridgehead atoms. The molecule has 0 unspecified atom stereocenters. The van der Waals surface area contributed by atoms with Crippen LogP contribution in [0, 0.1) is 5.92 Å². The number of alkyl halides is 3. The number of nitrogens with one attached hydrogen (secondary N) is 2. The average molecular weight is 335 g/mol. The summed E-state index contributed by atoms with van der Waals surface area (Å²) in [6.07, 6.45) is -2.69. The predicted octanol–water partition coefficient (Wildman–Crippen LogP) is 2.49. The largest absolute Gasteiger partial charge is 0.416 e. The molecule has 0 spiro atoms. The summed E-state index contributed by atoms with van der Waals surface area (Å²) in [6, 6.07) is 5.46. The highest BCUT2D eigenvalue weighted by atomic mass is 35.5. The minimum absolute atomic E-state index is 0. The quantitative estimate of drug-likeness (QED) is 0.888. The number of rotatable bonds is 4. The van der Waals surface area contributed by atoms with Crippen molar-refractivity contribution in [2.45, 2.75) is 24.4 Å². The average Bonchev–Trinajstić information content (AvgIpc) is 3.15. The first-order chi connectivity index (χ1) is 9.91. The van der Waals surface area contributed by atoms with E-state index in [2.05, 4.69) is 10.6 Å². The second-order valence-electron chi connectivity index (χ2n) is 5.93. The molecule has 2 aliphatic rings. The van der Waals surface area contributed by atoms with Crippen LogP contribution in [-0.4, -0.2) is 25.5 Å². The first kappa shape index (κ1) is 17.1. The fourth-order valence-electron chi connectivity index (χ4n) is 2.62. The van der Waals surface area contributed by atoms with E-state index >= 15 is 0 Å². The van der Waals surface area contributed by atoms with Crippen LogP contribution >= 0.6 is 12.4 Å².